The first-order valence-corrected chi connectivity index (χ1v) is 8.27. The molecule has 3 aromatic rings. The second-order valence-corrected chi connectivity index (χ2v) is 5.66. The van der Waals surface area contributed by atoms with Crippen LogP contribution in [0.3, 0.4) is 0 Å². The van der Waals surface area contributed by atoms with Crippen LogP contribution in [0.5, 0.6) is 0 Å². The van der Waals surface area contributed by atoms with Gasteiger partial charge in [0, 0.05) is 23.9 Å². The first-order valence-electron chi connectivity index (χ1n) is 8.27. The van der Waals surface area contributed by atoms with E-state index in [1.165, 1.54) is 0 Å². The fourth-order valence-electron chi connectivity index (χ4n) is 2.37. The highest BCUT2D eigenvalue weighted by atomic mass is 15.3. The second kappa shape index (κ2) is 8.03. The zero-order chi connectivity index (χ0) is 18.4. The van der Waals surface area contributed by atoms with Gasteiger partial charge in [-0.25, -0.2) is 4.98 Å². The highest BCUT2D eigenvalue weighted by Crippen LogP contribution is 2.23. The van der Waals surface area contributed by atoms with Gasteiger partial charge in [0.05, 0.1) is 0 Å². The molecule has 0 atom stereocenters. The number of likely N-dealkylation sites (N-methyl/N-ethyl adjacent to an activating group) is 1. The molecule has 0 unspecified atom stereocenters. The number of nitrogens with zero attached hydrogens (tertiary/aromatic N) is 4. The molecular formula is C22H20N4. The number of benzene rings is 2. The summed E-state index contributed by atoms with van der Waals surface area (Å²) >= 11 is 0. The van der Waals surface area contributed by atoms with Gasteiger partial charge in [0.1, 0.15) is 0 Å². The lowest BCUT2D eigenvalue weighted by Crippen LogP contribution is -2.18. The van der Waals surface area contributed by atoms with Gasteiger partial charge in [0.25, 0.3) is 0 Å². The molecule has 0 aliphatic rings. The van der Waals surface area contributed by atoms with E-state index in [9.17, 15) is 0 Å². The molecule has 0 aliphatic carbocycles. The van der Waals surface area contributed by atoms with Gasteiger partial charge in [-0.2, -0.15) is 9.97 Å². The Morgan fingerprint density at radius 1 is 0.846 bits per heavy atom. The molecule has 4 heteroatoms. The topological polar surface area (TPSA) is 41.9 Å². The minimum Gasteiger partial charge on any atom is -0.314 e. The third-order valence-electron chi connectivity index (χ3n) is 3.84. The maximum atomic E-state index is 4.67. The number of hydrogen-bond acceptors (Lipinski definition) is 4. The fourth-order valence-corrected chi connectivity index (χ4v) is 2.37. The molecule has 0 bridgehead atoms. The highest BCUT2D eigenvalue weighted by molar-refractivity contribution is 5.63. The minimum atomic E-state index is 0.538. The van der Waals surface area contributed by atoms with Gasteiger partial charge in [-0.1, -0.05) is 86.0 Å². The maximum Gasteiger partial charge on any atom is 0.233 e. The van der Waals surface area contributed by atoms with E-state index in [0.29, 0.717) is 17.6 Å². The van der Waals surface area contributed by atoms with Crippen LogP contribution < -0.4 is 4.90 Å². The lowest BCUT2D eigenvalue weighted by atomic mass is 10.2. The zero-order valence-corrected chi connectivity index (χ0v) is 14.7. The smallest absolute Gasteiger partial charge is 0.233 e. The molecule has 4 nitrogen and oxygen atoms in total. The van der Waals surface area contributed by atoms with E-state index < -0.39 is 0 Å². The van der Waals surface area contributed by atoms with Crippen molar-refractivity contribution in [2.45, 2.75) is 0 Å². The molecule has 0 aliphatic heterocycles. The predicted octanol–water partition coefficient (Wildman–Crippen LogP) is 4.90. The van der Waals surface area contributed by atoms with E-state index >= 15 is 0 Å². The molecule has 0 radical (unpaired) electrons. The van der Waals surface area contributed by atoms with Crippen molar-refractivity contribution in [2.75, 3.05) is 11.9 Å². The predicted molar refractivity (Wildman–Crippen MR) is 108 cm³/mol. The summed E-state index contributed by atoms with van der Waals surface area (Å²) in [4.78, 5) is 15.8. The Morgan fingerprint density at radius 3 is 1.81 bits per heavy atom. The van der Waals surface area contributed by atoms with Crippen LogP contribution in [0.4, 0.5) is 5.95 Å². The third-order valence-corrected chi connectivity index (χ3v) is 3.84. The fraction of sp³-hybridized carbons (Fsp3) is 0.0455. The van der Waals surface area contributed by atoms with E-state index in [1.54, 1.807) is 6.08 Å². The van der Waals surface area contributed by atoms with Crippen molar-refractivity contribution in [3.63, 3.8) is 0 Å². The number of allylic oxidation sites excluding steroid dienone is 3. The van der Waals surface area contributed by atoms with Gasteiger partial charge in [-0.15, -0.1) is 0 Å². The van der Waals surface area contributed by atoms with Gasteiger partial charge >= 0.3 is 0 Å². The Labute approximate surface area is 153 Å². The Morgan fingerprint density at radius 2 is 1.35 bits per heavy atom. The second-order valence-electron chi connectivity index (χ2n) is 5.66. The molecule has 0 N–H and O–H groups in total. The first kappa shape index (κ1) is 17.3. The van der Waals surface area contributed by atoms with Crippen LogP contribution in [0.1, 0.15) is 0 Å². The summed E-state index contributed by atoms with van der Waals surface area (Å²) in [5.41, 5.74) is 2.64. The van der Waals surface area contributed by atoms with Crippen molar-refractivity contribution < 1.29 is 0 Å². The summed E-state index contributed by atoms with van der Waals surface area (Å²) in [5, 5.41) is 0. The summed E-state index contributed by atoms with van der Waals surface area (Å²) in [6.07, 6.45) is 5.40. The molecule has 1 heterocycles. The molecule has 2 aromatic carbocycles. The molecule has 3 rings (SSSR count). The number of rotatable bonds is 6. The highest BCUT2D eigenvalue weighted by Gasteiger charge is 2.13. The standard InChI is InChI=1S/C22H20N4/c1-4-5-12-17(2)26(3)22-24-20(18-13-8-6-9-14-18)23-21(25-22)19-15-10-7-11-16-19/h4-16H,1-2H2,3H3/b12-5-. The summed E-state index contributed by atoms with van der Waals surface area (Å²) < 4.78 is 0. The Balaban J connectivity index is 2.10. The normalized spacial score (nSPS) is 10.7. The molecule has 1 aromatic heterocycles. The van der Waals surface area contributed by atoms with Crippen molar-refractivity contribution >= 4 is 5.95 Å². The van der Waals surface area contributed by atoms with Crippen LogP contribution in [0.25, 0.3) is 22.8 Å². The minimum absolute atomic E-state index is 0.538. The van der Waals surface area contributed by atoms with Crippen LogP contribution in [0, 0.1) is 0 Å². The SMILES string of the molecule is C=C/C=C\C(=C)N(C)c1nc(-c2ccccc2)nc(-c2ccccc2)n1. The average Bonchev–Trinajstić information content (AvgIpc) is 2.72. The maximum absolute atomic E-state index is 4.67. The van der Waals surface area contributed by atoms with Crippen LogP contribution in [0.2, 0.25) is 0 Å². The molecule has 0 spiro atoms. The van der Waals surface area contributed by atoms with Crippen molar-refractivity contribution in [2.24, 2.45) is 0 Å². The quantitative estimate of drug-likeness (QED) is 0.599. The summed E-state index contributed by atoms with van der Waals surface area (Å²) in [7, 11) is 1.88. The number of hydrogen-bond donors (Lipinski definition) is 0. The van der Waals surface area contributed by atoms with E-state index in [2.05, 4.69) is 28.1 Å². The van der Waals surface area contributed by atoms with Gasteiger partial charge in [-0.05, 0) is 6.08 Å². The Bertz CT molecular complexity index is 873. The number of anilines is 1. The monoisotopic (exact) mass is 340 g/mol. The van der Waals surface area contributed by atoms with E-state index in [0.717, 1.165) is 16.8 Å². The van der Waals surface area contributed by atoms with Crippen LogP contribution in [-0.2, 0) is 0 Å². The molecule has 0 saturated carbocycles. The molecule has 128 valence electrons. The largest absolute Gasteiger partial charge is 0.314 e. The first-order chi connectivity index (χ1) is 12.7. The number of aromatic nitrogens is 3. The van der Waals surface area contributed by atoms with E-state index in [4.69, 9.17) is 0 Å². The molecule has 0 saturated heterocycles. The van der Waals surface area contributed by atoms with Crippen LogP contribution in [-0.4, -0.2) is 22.0 Å². The summed E-state index contributed by atoms with van der Waals surface area (Å²) in [6, 6.07) is 19.8. The van der Waals surface area contributed by atoms with Gasteiger partial charge in [0.2, 0.25) is 5.95 Å². The third kappa shape index (κ3) is 3.92. The molecule has 26 heavy (non-hydrogen) atoms. The van der Waals surface area contributed by atoms with Crippen LogP contribution in [0.15, 0.2) is 97.7 Å². The van der Waals surface area contributed by atoms with E-state index in [1.807, 2.05) is 84.8 Å². The van der Waals surface area contributed by atoms with Gasteiger partial charge in [-0.3, -0.25) is 0 Å². The van der Waals surface area contributed by atoms with Crippen molar-refractivity contribution in [3.8, 4) is 22.8 Å². The van der Waals surface area contributed by atoms with Crippen molar-refractivity contribution in [1.29, 1.82) is 0 Å². The lowest BCUT2D eigenvalue weighted by molar-refractivity contribution is 0.976. The summed E-state index contributed by atoms with van der Waals surface area (Å²) in [6.45, 7) is 7.75. The zero-order valence-electron chi connectivity index (χ0n) is 14.7. The van der Waals surface area contributed by atoms with Crippen molar-refractivity contribution in [3.05, 3.63) is 97.7 Å². The Kier molecular flexibility index (Phi) is 5.34. The summed E-state index contributed by atoms with van der Waals surface area (Å²) in [5.74, 6) is 1.79. The Hall–Kier alpha value is -3.53. The molecule has 0 amide bonds. The van der Waals surface area contributed by atoms with Gasteiger partial charge in [0.15, 0.2) is 11.6 Å². The molecule has 0 fully saturated rings. The van der Waals surface area contributed by atoms with Gasteiger partial charge < -0.3 is 4.90 Å². The molecular weight excluding hydrogens is 320 g/mol. The van der Waals surface area contributed by atoms with Crippen molar-refractivity contribution in [1.82, 2.24) is 15.0 Å². The van der Waals surface area contributed by atoms with Crippen LogP contribution >= 0.6 is 0 Å². The average molecular weight is 340 g/mol. The van der Waals surface area contributed by atoms with E-state index in [-0.39, 0.29) is 0 Å². The lowest BCUT2D eigenvalue weighted by Gasteiger charge is -2.18.